The van der Waals surface area contributed by atoms with Gasteiger partial charge in [0.15, 0.2) is 0 Å². The second-order valence-electron chi connectivity index (χ2n) is 4.99. The number of hydrogen-bond acceptors (Lipinski definition) is 4. The molecule has 0 saturated carbocycles. The third-order valence-corrected chi connectivity index (χ3v) is 3.69. The van der Waals surface area contributed by atoms with Crippen LogP contribution in [0.2, 0.25) is 0 Å². The maximum absolute atomic E-state index is 12.2. The lowest BCUT2D eigenvalue weighted by Gasteiger charge is -2.34. The summed E-state index contributed by atoms with van der Waals surface area (Å²) in [6.07, 6.45) is 5.31. The fraction of sp³-hybridized carbons (Fsp3) is 0.923. The fourth-order valence-corrected chi connectivity index (χ4v) is 2.27. The minimum atomic E-state index is -0.413. The van der Waals surface area contributed by atoms with E-state index in [1.54, 1.807) is 0 Å². The summed E-state index contributed by atoms with van der Waals surface area (Å²) in [6, 6.07) is 0. The SMILES string of the molecule is NCC1(C(=O)NCCCCCCO)CCOCC1. The molecule has 0 unspecified atom stereocenters. The number of aliphatic hydroxyl groups excluding tert-OH is 1. The molecule has 5 nitrogen and oxygen atoms in total. The molecule has 0 spiro atoms. The predicted octanol–water partition coefficient (Wildman–Crippen LogP) is 0.411. The van der Waals surface area contributed by atoms with Gasteiger partial charge in [0.25, 0.3) is 0 Å². The van der Waals surface area contributed by atoms with Gasteiger partial charge < -0.3 is 20.9 Å². The second kappa shape index (κ2) is 8.45. The van der Waals surface area contributed by atoms with Crippen molar-refractivity contribution in [1.29, 1.82) is 0 Å². The van der Waals surface area contributed by atoms with Crippen LogP contribution in [0.15, 0.2) is 0 Å². The number of aliphatic hydroxyl groups is 1. The third-order valence-electron chi connectivity index (χ3n) is 3.69. The summed E-state index contributed by atoms with van der Waals surface area (Å²) < 4.78 is 5.29. The molecule has 0 aliphatic carbocycles. The molecule has 1 aliphatic heterocycles. The van der Waals surface area contributed by atoms with E-state index in [1.165, 1.54) is 0 Å². The van der Waals surface area contributed by atoms with Crippen molar-refractivity contribution in [2.24, 2.45) is 11.1 Å². The lowest BCUT2D eigenvalue weighted by atomic mass is 9.79. The minimum absolute atomic E-state index is 0.0791. The molecule has 0 atom stereocenters. The van der Waals surface area contributed by atoms with Crippen LogP contribution < -0.4 is 11.1 Å². The van der Waals surface area contributed by atoms with E-state index in [2.05, 4.69) is 5.32 Å². The molecular formula is C13H26N2O3. The highest BCUT2D eigenvalue weighted by Gasteiger charge is 2.38. The number of carbonyl (C=O) groups excluding carboxylic acids is 1. The van der Waals surface area contributed by atoms with Crippen molar-refractivity contribution >= 4 is 5.91 Å². The van der Waals surface area contributed by atoms with Gasteiger partial charge in [-0.15, -0.1) is 0 Å². The monoisotopic (exact) mass is 258 g/mol. The van der Waals surface area contributed by atoms with Gasteiger partial charge in [-0.2, -0.15) is 0 Å². The summed E-state index contributed by atoms with van der Waals surface area (Å²) in [5.74, 6) is 0.0791. The number of hydrogen-bond donors (Lipinski definition) is 3. The summed E-state index contributed by atoms with van der Waals surface area (Å²) in [5.41, 5.74) is 5.35. The molecule has 1 rings (SSSR count). The van der Waals surface area contributed by atoms with Crippen molar-refractivity contribution in [3.63, 3.8) is 0 Å². The second-order valence-corrected chi connectivity index (χ2v) is 4.99. The van der Waals surface area contributed by atoms with Gasteiger partial charge in [0.1, 0.15) is 0 Å². The van der Waals surface area contributed by atoms with Gasteiger partial charge in [-0.05, 0) is 25.7 Å². The maximum atomic E-state index is 12.2. The van der Waals surface area contributed by atoms with E-state index in [-0.39, 0.29) is 12.5 Å². The Balaban J connectivity index is 2.21. The third kappa shape index (κ3) is 4.55. The first-order valence-electron chi connectivity index (χ1n) is 6.92. The van der Waals surface area contributed by atoms with Crippen LogP contribution in [-0.2, 0) is 9.53 Å². The van der Waals surface area contributed by atoms with E-state index in [1.807, 2.05) is 0 Å². The molecule has 1 fully saturated rings. The predicted molar refractivity (Wildman–Crippen MR) is 70.1 cm³/mol. The molecule has 106 valence electrons. The molecular weight excluding hydrogens is 232 g/mol. The highest BCUT2D eigenvalue weighted by Crippen LogP contribution is 2.29. The van der Waals surface area contributed by atoms with Crippen LogP contribution in [-0.4, -0.2) is 43.9 Å². The number of nitrogens with two attached hydrogens (primary N) is 1. The molecule has 0 aromatic carbocycles. The Morgan fingerprint density at radius 1 is 1.22 bits per heavy atom. The Kier molecular flexibility index (Phi) is 7.23. The largest absolute Gasteiger partial charge is 0.396 e. The molecule has 0 bridgehead atoms. The number of rotatable bonds is 8. The van der Waals surface area contributed by atoms with Crippen LogP contribution in [0.1, 0.15) is 38.5 Å². The van der Waals surface area contributed by atoms with Crippen LogP contribution >= 0.6 is 0 Å². The normalized spacial score (nSPS) is 18.6. The van der Waals surface area contributed by atoms with Crippen LogP contribution in [0.5, 0.6) is 0 Å². The molecule has 5 heteroatoms. The molecule has 1 aliphatic rings. The van der Waals surface area contributed by atoms with Gasteiger partial charge in [-0.1, -0.05) is 12.8 Å². The highest BCUT2D eigenvalue weighted by atomic mass is 16.5. The summed E-state index contributed by atoms with van der Waals surface area (Å²) >= 11 is 0. The Labute approximate surface area is 109 Å². The summed E-state index contributed by atoms with van der Waals surface area (Å²) in [6.45, 7) is 2.60. The van der Waals surface area contributed by atoms with E-state index in [0.29, 0.717) is 26.3 Å². The molecule has 1 heterocycles. The molecule has 4 N–H and O–H groups in total. The van der Waals surface area contributed by atoms with Crippen molar-refractivity contribution < 1.29 is 14.6 Å². The number of nitrogens with one attached hydrogen (secondary N) is 1. The zero-order valence-electron chi connectivity index (χ0n) is 11.1. The standard InChI is InChI=1S/C13H26N2O3/c14-11-13(5-9-18-10-6-13)12(17)15-7-3-1-2-4-8-16/h16H,1-11,14H2,(H,15,17). The first-order valence-corrected chi connectivity index (χ1v) is 6.92. The van der Waals surface area contributed by atoms with Crippen molar-refractivity contribution in [2.45, 2.75) is 38.5 Å². The Hall–Kier alpha value is -0.650. The average molecular weight is 258 g/mol. The molecule has 1 saturated heterocycles. The summed E-state index contributed by atoms with van der Waals surface area (Å²) in [4.78, 5) is 12.2. The van der Waals surface area contributed by atoms with E-state index >= 15 is 0 Å². The number of amides is 1. The van der Waals surface area contributed by atoms with Crippen molar-refractivity contribution in [3.05, 3.63) is 0 Å². The van der Waals surface area contributed by atoms with E-state index in [9.17, 15) is 4.79 Å². The Morgan fingerprint density at radius 3 is 2.50 bits per heavy atom. The Bertz CT molecular complexity index is 240. The maximum Gasteiger partial charge on any atom is 0.227 e. The highest BCUT2D eigenvalue weighted by molar-refractivity contribution is 5.83. The van der Waals surface area contributed by atoms with Gasteiger partial charge >= 0.3 is 0 Å². The van der Waals surface area contributed by atoms with Crippen molar-refractivity contribution in [2.75, 3.05) is 32.9 Å². The summed E-state index contributed by atoms with van der Waals surface area (Å²) in [7, 11) is 0. The Morgan fingerprint density at radius 2 is 1.89 bits per heavy atom. The lowest BCUT2D eigenvalue weighted by Crippen LogP contribution is -2.49. The van der Waals surface area contributed by atoms with E-state index < -0.39 is 5.41 Å². The van der Waals surface area contributed by atoms with Crippen molar-refractivity contribution in [1.82, 2.24) is 5.32 Å². The first-order chi connectivity index (χ1) is 8.75. The van der Waals surface area contributed by atoms with Crippen molar-refractivity contribution in [3.8, 4) is 0 Å². The van der Waals surface area contributed by atoms with Crippen LogP contribution in [0.25, 0.3) is 0 Å². The lowest BCUT2D eigenvalue weighted by molar-refractivity contribution is -0.135. The number of unbranched alkanes of at least 4 members (excludes halogenated alkanes) is 3. The first kappa shape index (κ1) is 15.4. The topological polar surface area (TPSA) is 84.6 Å². The zero-order chi connectivity index (χ0) is 13.3. The summed E-state index contributed by atoms with van der Waals surface area (Å²) in [5, 5.41) is 11.6. The van der Waals surface area contributed by atoms with Crippen LogP contribution in [0, 0.1) is 5.41 Å². The smallest absolute Gasteiger partial charge is 0.227 e. The molecule has 0 radical (unpaired) electrons. The van der Waals surface area contributed by atoms with Gasteiger partial charge in [-0.25, -0.2) is 0 Å². The van der Waals surface area contributed by atoms with Crippen LogP contribution in [0.4, 0.5) is 0 Å². The van der Waals surface area contributed by atoms with E-state index in [0.717, 1.165) is 38.5 Å². The zero-order valence-corrected chi connectivity index (χ0v) is 11.1. The van der Waals surface area contributed by atoms with Crippen LogP contribution in [0.3, 0.4) is 0 Å². The quantitative estimate of drug-likeness (QED) is 0.551. The minimum Gasteiger partial charge on any atom is -0.396 e. The molecule has 0 aromatic rings. The average Bonchev–Trinajstić information content (AvgIpc) is 2.43. The number of carbonyl (C=O) groups is 1. The fourth-order valence-electron chi connectivity index (χ4n) is 2.27. The molecule has 1 amide bonds. The number of ether oxygens (including phenoxy) is 1. The van der Waals surface area contributed by atoms with Gasteiger partial charge in [0.05, 0.1) is 5.41 Å². The van der Waals surface area contributed by atoms with Gasteiger partial charge in [0.2, 0.25) is 5.91 Å². The van der Waals surface area contributed by atoms with Gasteiger partial charge in [0, 0.05) is 32.9 Å². The molecule has 0 aromatic heterocycles. The van der Waals surface area contributed by atoms with E-state index in [4.69, 9.17) is 15.6 Å². The van der Waals surface area contributed by atoms with Gasteiger partial charge in [-0.3, -0.25) is 4.79 Å². The molecule has 18 heavy (non-hydrogen) atoms.